The van der Waals surface area contributed by atoms with Crippen LogP contribution in [-0.4, -0.2) is 48.7 Å². The lowest BCUT2D eigenvalue weighted by Gasteiger charge is -2.29. The summed E-state index contributed by atoms with van der Waals surface area (Å²) >= 11 is 6.23. The van der Waals surface area contributed by atoms with Crippen molar-refractivity contribution < 1.29 is 18.7 Å². The molecule has 1 aliphatic heterocycles. The van der Waals surface area contributed by atoms with Gasteiger partial charge in [0.1, 0.15) is 11.4 Å². The number of hydrogen-bond donors (Lipinski definition) is 2. The lowest BCUT2D eigenvalue weighted by Crippen LogP contribution is -2.43. The molecule has 1 aromatic carbocycles. The third-order valence-corrected chi connectivity index (χ3v) is 4.53. The first kappa shape index (κ1) is 21.4. The number of hydrogen-bond acceptors (Lipinski definition) is 4. The molecule has 6 nitrogen and oxygen atoms in total. The highest BCUT2D eigenvalue weighted by atomic mass is 35.5. The Morgan fingerprint density at radius 3 is 2.52 bits per heavy atom. The fraction of sp³-hybridized carbons (Fsp3) is 0.579. The van der Waals surface area contributed by atoms with Gasteiger partial charge in [-0.25, -0.2) is 9.18 Å². The Labute approximate surface area is 164 Å². The second-order valence-electron chi connectivity index (χ2n) is 7.55. The van der Waals surface area contributed by atoms with Crippen LogP contribution in [0.3, 0.4) is 0 Å². The van der Waals surface area contributed by atoms with Gasteiger partial charge >= 0.3 is 6.09 Å². The first-order valence-electron chi connectivity index (χ1n) is 9.09. The van der Waals surface area contributed by atoms with Crippen LogP contribution in [0.5, 0.6) is 0 Å². The highest BCUT2D eigenvalue weighted by molar-refractivity contribution is 6.31. The number of nitrogens with one attached hydrogen (secondary N) is 2. The normalized spacial score (nSPS) is 16.0. The van der Waals surface area contributed by atoms with E-state index in [9.17, 15) is 14.0 Å². The average molecular weight is 400 g/mol. The van der Waals surface area contributed by atoms with Crippen molar-refractivity contribution in [1.82, 2.24) is 15.5 Å². The molecular weight excluding hydrogens is 373 g/mol. The fourth-order valence-electron chi connectivity index (χ4n) is 3.04. The number of nitrogens with zero attached hydrogens (tertiary/aromatic N) is 1. The SMILES string of the molecule is CC(C)(C)OC(=O)NCC(=O)NCC(c1c(F)cccc1Cl)N1CCCC1. The zero-order valence-corrected chi connectivity index (χ0v) is 16.7. The van der Waals surface area contributed by atoms with Gasteiger partial charge in [0.05, 0.1) is 12.6 Å². The molecule has 8 heteroatoms. The van der Waals surface area contributed by atoms with Gasteiger partial charge in [-0.05, 0) is 58.8 Å². The smallest absolute Gasteiger partial charge is 0.408 e. The van der Waals surface area contributed by atoms with Crippen LogP contribution in [0.2, 0.25) is 5.02 Å². The van der Waals surface area contributed by atoms with Crippen LogP contribution in [0.4, 0.5) is 9.18 Å². The topological polar surface area (TPSA) is 70.7 Å². The summed E-state index contributed by atoms with van der Waals surface area (Å²) in [6.07, 6.45) is 1.39. The van der Waals surface area contributed by atoms with E-state index in [0.29, 0.717) is 10.6 Å². The monoisotopic (exact) mass is 399 g/mol. The molecule has 2 rings (SSSR count). The summed E-state index contributed by atoms with van der Waals surface area (Å²) in [7, 11) is 0. The van der Waals surface area contributed by atoms with Crippen molar-refractivity contribution in [2.45, 2.75) is 45.3 Å². The van der Waals surface area contributed by atoms with Gasteiger partial charge in [-0.1, -0.05) is 17.7 Å². The van der Waals surface area contributed by atoms with E-state index in [1.165, 1.54) is 6.07 Å². The molecule has 2 amide bonds. The molecule has 0 bridgehead atoms. The third kappa shape index (κ3) is 6.66. The van der Waals surface area contributed by atoms with Crippen molar-refractivity contribution >= 4 is 23.6 Å². The molecule has 0 saturated carbocycles. The summed E-state index contributed by atoms with van der Waals surface area (Å²) in [6.45, 7) is 6.85. The van der Waals surface area contributed by atoms with Gasteiger partial charge in [-0.3, -0.25) is 9.69 Å². The number of benzene rings is 1. The van der Waals surface area contributed by atoms with E-state index in [4.69, 9.17) is 16.3 Å². The second kappa shape index (κ2) is 9.37. The van der Waals surface area contributed by atoms with Crippen LogP contribution in [0.15, 0.2) is 18.2 Å². The predicted molar refractivity (Wildman–Crippen MR) is 102 cm³/mol. The van der Waals surface area contributed by atoms with Gasteiger partial charge in [0, 0.05) is 17.1 Å². The maximum absolute atomic E-state index is 14.4. The molecule has 0 aliphatic carbocycles. The highest BCUT2D eigenvalue weighted by Crippen LogP contribution is 2.31. The zero-order valence-electron chi connectivity index (χ0n) is 16.0. The van der Waals surface area contributed by atoms with E-state index in [-0.39, 0.29) is 30.9 Å². The standard InChI is InChI=1S/C19H27ClFN3O3/c1-19(2,3)27-18(26)23-12-16(25)22-11-15(24-9-4-5-10-24)17-13(20)7-6-8-14(17)21/h6-8,15H,4-5,9-12H2,1-3H3,(H,22,25)(H,23,26). The molecule has 27 heavy (non-hydrogen) atoms. The Hall–Kier alpha value is -1.86. The number of ether oxygens (including phenoxy) is 1. The summed E-state index contributed by atoms with van der Waals surface area (Å²) < 4.78 is 19.5. The zero-order chi connectivity index (χ0) is 20.0. The molecule has 1 fully saturated rings. The van der Waals surface area contributed by atoms with Crippen LogP contribution < -0.4 is 10.6 Å². The van der Waals surface area contributed by atoms with Crippen molar-refractivity contribution in [2.24, 2.45) is 0 Å². The lowest BCUT2D eigenvalue weighted by atomic mass is 10.0. The first-order valence-corrected chi connectivity index (χ1v) is 9.46. The molecule has 0 radical (unpaired) electrons. The van der Waals surface area contributed by atoms with Gasteiger partial charge in [0.15, 0.2) is 0 Å². The Balaban J connectivity index is 1.96. The first-order chi connectivity index (χ1) is 12.7. The molecule has 0 spiro atoms. The number of amides is 2. The van der Waals surface area contributed by atoms with E-state index in [1.54, 1.807) is 32.9 Å². The van der Waals surface area contributed by atoms with Crippen LogP contribution >= 0.6 is 11.6 Å². The van der Waals surface area contributed by atoms with E-state index in [1.807, 2.05) is 0 Å². The quantitative estimate of drug-likeness (QED) is 0.770. The van der Waals surface area contributed by atoms with Crippen molar-refractivity contribution in [3.8, 4) is 0 Å². The van der Waals surface area contributed by atoms with Crippen LogP contribution in [-0.2, 0) is 9.53 Å². The maximum Gasteiger partial charge on any atom is 0.408 e. The van der Waals surface area contributed by atoms with Gasteiger partial charge < -0.3 is 15.4 Å². The Bertz CT molecular complexity index is 652. The molecule has 1 aliphatic rings. The number of halogens is 2. The average Bonchev–Trinajstić information content (AvgIpc) is 3.08. The maximum atomic E-state index is 14.4. The Morgan fingerprint density at radius 2 is 1.93 bits per heavy atom. The van der Waals surface area contributed by atoms with E-state index in [2.05, 4.69) is 15.5 Å². The summed E-state index contributed by atoms with van der Waals surface area (Å²) in [5.74, 6) is -0.766. The van der Waals surface area contributed by atoms with Gasteiger partial charge in [-0.15, -0.1) is 0 Å². The molecule has 1 unspecified atom stereocenters. The number of rotatable bonds is 6. The molecular formula is C19H27ClFN3O3. The molecule has 1 heterocycles. The number of carbonyl (C=O) groups excluding carboxylic acids is 2. The molecule has 1 atom stereocenters. The molecule has 1 aromatic rings. The minimum absolute atomic E-state index is 0.204. The molecule has 150 valence electrons. The fourth-order valence-corrected chi connectivity index (χ4v) is 3.32. The highest BCUT2D eigenvalue weighted by Gasteiger charge is 2.28. The summed E-state index contributed by atoms with van der Waals surface area (Å²) in [5, 5.41) is 5.50. The van der Waals surface area contributed by atoms with Crippen LogP contribution in [0.25, 0.3) is 0 Å². The van der Waals surface area contributed by atoms with E-state index < -0.39 is 11.7 Å². The lowest BCUT2D eigenvalue weighted by molar-refractivity contribution is -0.120. The van der Waals surface area contributed by atoms with Crippen molar-refractivity contribution in [2.75, 3.05) is 26.2 Å². The van der Waals surface area contributed by atoms with Gasteiger partial charge in [-0.2, -0.15) is 0 Å². The Kier molecular flexibility index (Phi) is 7.44. The van der Waals surface area contributed by atoms with Crippen molar-refractivity contribution in [3.05, 3.63) is 34.6 Å². The molecule has 0 aromatic heterocycles. The second-order valence-corrected chi connectivity index (χ2v) is 7.96. The number of carbonyl (C=O) groups is 2. The third-order valence-electron chi connectivity index (χ3n) is 4.20. The molecule has 1 saturated heterocycles. The number of likely N-dealkylation sites (tertiary alicyclic amines) is 1. The van der Waals surface area contributed by atoms with Crippen LogP contribution in [0, 0.1) is 5.82 Å². The Morgan fingerprint density at radius 1 is 1.26 bits per heavy atom. The van der Waals surface area contributed by atoms with Crippen LogP contribution in [0.1, 0.15) is 45.2 Å². The summed E-state index contributed by atoms with van der Waals surface area (Å²) in [5.41, 5.74) is -0.246. The van der Waals surface area contributed by atoms with Crippen molar-refractivity contribution in [3.63, 3.8) is 0 Å². The number of alkyl carbamates (subject to hydrolysis) is 1. The van der Waals surface area contributed by atoms with Gasteiger partial charge in [0.2, 0.25) is 5.91 Å². The van der Waals surface area contributed by atoms with Gasteiger partial charge in [0.25, 0.3) is 0 Å². The van der Waals surface area contributed by atoms with E-state index in [0.717, 1.165) is 25.9 Å². The summed E-state index contributed by atoms with van der Waals surface area (Å²) in [6, 6.07) is 4.23. The minimum atomic E-state index is -0.661. The van der Waals surface area contributed by atoms with E-state index >= 15 is 0 Å². The summed E-state index contributed by atoms with van der Waals surface area (Å²) in [4.78, 5) is 25.9. The van der Waals surface area contributed by atoms with Crippen molar-refractivity contribution in [1.29, 1.82) is 0 Å². The minimum Gasteiger partial charge on any atom is -0.444 e. The molecule has 2 N–H and O–H groups in total. The largest absolute Gasteiger partial charge is 0.444 e. The predicted octanol–water partition coefficient (Wildman–Crippen LogP) is 3.26.